The molecule has 1 aromatic rings. The predicted molar refractivity (Wildman–Crippen MR) is 188 cm³/mol. The van der Waals surface area contributed by atoms with E-state index in [1.807, 2.05) is 58.0 Å². The number of alkyl carbamates (subject to hydrolysis) is 1. The van der Waals surface area contributed by atoms with E-state index in [9.17, 15) is 24.6 Å². The largest absolute Gasteiger partial charge is 0.444 e. The smallest absolute Gasteiger partial charge is 0.407 e. The summed E-state index contributed by atoms with van der Waals surface area (Å²) in [7, 11) is 0. The molecule has 1 aromatic carbocycles. The van der Waals surface area contributed by atoms with Crippen LogP contribution in [0.3, 0.4) is 0 Å². The van der Waals surface area contributed by atoms with Crippen LogP contribution in [0.2, 0.25) is 0 Å². The molecule has 0 heterocycles. The van der Waals surface area contributed by atoms with Gasteiger partial charge < -0.3 is 30.9 Å². The van der Waals surface area contributed by atoms with Crippen LogP contribution in [0.5, 0.6) is 0 Å². The zero-order valence-electron chi connectivity index (χ0n) is 30.0. The van der Waals surface area contributed by atoms with Crippen LogP contribution < -0.4 is 16.0 Å². The Hall–Kier alpha value is -2.91. The van der Waals surface area contributed by atoms with Crippen LogP contribution in [0, 0.1) is 23.7 Å². The van der Waals surface area contributed by atoms with Crippen LogP contribution in [0.1, 0.15) is 112 Å². The first-order chi connectivity index (χ1) is 22.0. The lowest BCUT2D eigenvalue weighted by molar-refractivity contribution is -0.128. The van der Waals surface area contributed by atoms with Gasteiger partial charge in [0.15, 0.2) is 0 Å². The number of aliphatic hydroxyl groups is 2. The molecule has 0 aliphatic heterocycles. The summed E-state index contributed by atoms with van der Waals surface area (Å²) in [6.07, 6.45) is 4.54. The van der Waals surface area contributed by atoms with E-state index in [2.05, 4.69) is 22.5 Å². The van der Waals surface area contributed by atoms with E-state index in [1.54, 1.807) is 20.8 Å². The van der Waals surface area contributed by atoms with Gasteiger partial charge in [-0.1, -0.05) is 96.7 Å². The van der Waals surface area contributed by atoms with Crippen molar-refractivity contribution >= 4 is 17.9 Å². The van der Waals surface area contributed by atoms with Crippen molar-refractivity contribution in [1.29, 1.82) is 0 Å². The average Bonchev–Trinajstić information content (AvgIpc) is 2.98. The number of carbonyl (C=O) groups is 3. The van der Waals surface area contributed by atoms with Gasteiger partial charge in [0.05, 0.1) is 24.3 Å². The summed E-state index contributed by atoms with van der Waals surface area (Å²) in [5.41, 5.74) is 0.513. The Morgan fingerprint density at radius 2 is 1.53 bits per heavy atom. The molecule has 47 heavy (non-hydrogen) atoms. The molecular weight excluding hydrogens is 594 g/mol. The van der Waals surface area contributed by atoms with Crippen molar-refractivity contribution in [1.82, 2.24) is 16.0 Å². The third-order valence-corrected chi connectivity index (χ3v) is 8.67. The second-order valence-electron chi connectivity index (χ2n) is 15.4. The van der Waals surface area contributed by atoms with E-state index in [0.29, 0.717) is 31.7 Å². The molecular formula is C38H63N3O6. The normalized spacial score (nSPS) is 17.3. The van der Waals surface area contributed by atoms with Gasteiger partial charge in [0, 0.05) is 24.5 Å². The van der Waals surface area contributed by atoms with Crippen molar-refractivity contribution in [3.05, 3.63) is 48.0 Å². The fourth-order valence-electron chi connectivity index (χ4n) is 6.25. The van der Waals surface area contributed by atoms with Gasteiger partial charge in [-0.3, -0.25) is 9.59 Å². The van der Waals surface area contributed by atoms with Crippen molar-refractivity contribution < 1.29 is 29.3 Å². The van der Waals surface area contributed by atoms with Crippen molar-refractivity contribution in [3.63, 3.8) is 0 Å². The molecule has 266 valence electrons. The summed E-state index contributed by atoms with van der Waals surface area (Å²) in [4.78, 5) is 39.4. The maximum atomic E-state index is 14.0. The molecule has 1 fully saturated rings. The number of nitrogens with one attached hydrogen (secondary N) is 3. The maximum Gasteiger partial charge on any atom is 0.407 e. The quantitative estimate of drug-likeness (QED) is 0.122. The molecule has 5 N–H and O–H groups in total. The number of carbonyl (C=O) groups excluding carboxylic acids is 3. The van der Waals surface area contributed by atoms with Crippen LogP contribution in [-0.2, 0) is 20.7 Å². The first kappa shape index (κ1) is 40.3. The lowest BCUT2D eigenvalue weighted by Gasteiger charge is -2.33. The Bertz CT molecular complexity index is 1110. The second kappa shape index (κ2) is 19.8. The summed E-state index contributed by atoms with van der Waals surface area (Å²) in [6.45, 7) is 17.9. The van der Waals surface area contributed by atoms with Gasteiger partial charge in [-0.05, 0) is 69.8 Å². The maximum absolute atomic E-state index is 14.0. The second-order valence-corrected chi connectivity index (χ2v) is 15.4. The number of ether oxygens (including phenoxy) is 1. The Kier molecular flexibility index (Phi) is 17.0. The molecule has 0 aromatic heterocycles. The molecule has 0 bridgehead atoms. The molecule has 2 unspecified atom stereocenters. The fourth-order valence-corrected chi connectivity index (χ4v) is 6.25. The summed E-state index contributed by atoms with van der Waals surface area (Å²) >= 11 is 0. The number of amides is 3. The molecule has 3 amide bonds. The third kappa shape index (κ3) is 16.2. The van der Waals surface area contributed by atoms with Crippen molar-refractivity contribution in [3.8, 4) is 0 Å². The lowest BCUT2D eigenvalue weighted by Crippen LogP contribution is -2.50. The zero-order chi connectivity index (χ0) is 35.1. The van der Waals surface area contributed by atoms with Crippen molar-refractivity contribution in [2.75, 3.05) is 6.54 Å². The molecule has 0 radical (unpaired) electrons. The van der Waals surface area contributed by atoms with Crippen LogP contribution in [-0.4, -0.2) is 64.6 Å². The highest BCUT2D eigenvalue weighted by atomic mass is 16.6. The monoisotopic (exact) mass is 657 g/mol. The average molecular weight is 658 g/mol. The van der Waals surface area contributed by atoms with Gasteiger partial charge in [0.25, 0.3) is 0 Å². The minimum atomic E-state index is -1.04. The highest BCUT2D eigenvalue weighted by Gasteiger charge is 2.33. The summed E-state index contributed by atoms with van der Waals surface area (Å²) in [5, 5.41) is 31.8. The Morgan fingerprint density at radius 1 is 0.894 bits per heavy atom. The Morgan fingerprint density at radius 3 is 2.11 bits per heavy atom. The summed E-state index contributed by atoms with van der Waals surface area (Å²) in [6, 6.07) is 8.33. The molecule has 0 saturated heterocycles. The summed E-state index contributed by atoms with van der Waals surface area (Å²) in [5.74, 6) is -0.284. The number of rotatable bonds is 18. The van der Waals surface area contributed by atoms with Gasteiger partial charge in [0.1, 0.15) is 5.60 Å². The minimum Gasteiger partial charge on any atom is -0.444 e. The van der Waals surface area contributed by atoms with Gasteiger partial charge in [0.2, 0.25) is 11.8 Å². The molecule has 5 atom stereocenters. The topological polar surface area (TPSA) is 137 Å². The summed E-state index contributed by atoms with van der Waals surface area (Å²) < 4.78 is 5.50. The molecule has 1 aliphatic carbocycles. The Labute approximate surface area is 283 Å². The Balaban J connectivity index is 2.24. The van der Waals surface area contributed by atoms with Crippen LogP contribution >= 0.6 is 0 Å². The van der Waals surface area contributed by atoms with Crippen LogP contribution in [0.15, 0.2) is 42.5 Å². The van der Waals surface area contributed by atoms with Gasteiger partial charge >= 0.3 is 6.09 Å². The first-order valence-electron chi connectivity index (χ1n) is 17.7. The van der Waals surface area contributed by atoms with E-state index in [0.717, 1.165) is 31.2 Å². The van der Waals surface area contributed by atoms with E-state index in [-0.39, 0.29) is 42.1 Å². The molecule has 1 saturated carbocycles. The van der Waals surface area contributed by atoms with E-state index < -0.39 is 41.9 Å². The van der Waals surface area contributed by atoms with Gasteiger partial charge in [-0.25, -0.2) is 4.79 Å². The number of benzene rings is 1. The number of aliphatic hydroxyl groups excluding tert-OH is 2. The standard InChI is InChI=1S/C38H63N3O6/c1-25(2)19-30(23-34(43)32(22-29-17-13-10-14-18-29)41-37(46)47-38(6,7)8)36(45)40-31(21-28-15-11-9-12-16-28)33(42)20-27(5)35(44)39-24-26(3)4/h10,13-14,17-18,25-26,28,30-34,42-43H,5,9,11-12,15-16,19-24H2,1-4,6-8H3,(H,39,44)(H,40,45)(H,41,46)/t30?,31-,32-,33-,34?/m0/s1. The molecule has 0 spiro atoms. The van der Waals surface area contributed by atoms with E-state index in [1.165, 1.54) is 6.42 Å². The van der Waals surface area contributed by atoms with Gasteiger partial charge in [-0.15, -0.1) is 0 Å². The third-order valence-electron chi connectivity index (χ3n) is 8.67. The minimum absolute atomic E-state index is 0.0536. The van der Waals surface area contributed by atoms with Crippen LogP contribution in [0.25, 0.3) is 0 Å². The van der Waals surface area contributed by atoms with Crippen molar-refractivity contribution in [2.45, 2.75) is 143 Å². The number of hydrogen-bond acceptors (Lipinski definition) is 6. The highest BCUT2D eigenvalue weighted by molar-refractivity contribution is 5.92. The zero-order valence-corrected chi connectivity index (χ0v) is 30.0. The SMILES string of the molecule is C=C(C[C@H](O)[C@H](CC1CCCCC1)NC(=O)C(CC(C)C)CC(O)[C@H](Cc1ccccc1)NC(=O)OC(C)(C)C)C(=O)NCC(C)C. The molecule has 2 rings (SSSR count). The molecule has 9 nitrogen and oxygen atoms in total. The molecule has 9 heteroatoms. The fraction of sp³-hybridized carbons (Fsp3) is 0.711. The molecule has 1 aliphatic rings. The highest BCUT2D eigenvalue weighted by Crippen LogP contribution is 2.29. The predicted octanol–water partition coefficient (Wildman–Crippen LogP) is 6.07. The van der Waals surface area contributed by atoms with E-state index in [4.69, 9.17) is 4.74 Å². The van der Waals surface area contributed by atoms with Crippen molar-refractivity contribution in [2.24, 2.45) is 23.7 Å². The number of hydrogen-bond donors (Lipinski definition) is 5. The lowest BCUT2D eigenvalue weighted by atomic mass is 9.82. The van der Waals surface area contributed by atoms with E-state index >= 15 is 0 Å². The van der Waals surface area contributed by atoms with Crippen LogP contribution in [0.4, 0.5) is 4.79 Å². The van der Waals surface area contributed by atoms with Gasteiger partial charge in [-0.2, -0.15) is 0 Å². The first-order valence-corrected chi connectivity index (χ1v) is 17.7.